The summed E-state index contributed by atoms with van der Waals surface area (Å²) in [7, 11) is 0. The Morgan fingerprint density at radius 3 is 2.41 bits per heavy atom. The lowest BCUT2D eigenvalue weighted by Gasteiger charge is -2.26. The lowest BCUT2D eigenvalue weighted by molar-refractivity contribution is -0.135. The third-order valence-corrected chi connectivity index (χ3v) is 2.77. The van der Waals surface area contributed by atoms with Crippen LogP contribution < -0.4 is 5.32 Å². The van der Waals surface area contributed by atoms with Crippen LogP contribution in [0.5, 0.6) is 0 Å². The van der Waals surface area contributed by atoms with Gasteiger partial charge in [-0.1, -0.05) is 0 Å². The first-order valence-electron chi connectivity index (χ1n) is 6.15. The highest BCUT2D eigenvalue weighted by Crippen LogP contribution is 2.21. The van der Waals surface area contributed by atoms with E-state index in [4.69, 9.17) is 4.74 Å². The molecule has 102 valence electrons. The van der Waals surface area contributed by atoms with Crippen molar-refractivity contribution >= 4 is 0 Å². The van der Waals surface area contributed by atoms with Gasteiger partial charge in [-0.05, 0) is 19.4 Å². The van der Waals surface area contributed by atoms with E-state index in [1.807, 2.05) is 0 Å². The number of halogens is 3. The molecule has 0 spiro atoms. The monoisotopic (exact) mass is 254 g/mol. The molecule has 1 saturated heterocycles. The van der Waals surface area contributed by atoms with Gasteiger partial charge in [0.2, 0.25) is 0 Å². The van der Waals surface area contributed by atoms with Crippen molar-refractivity contribution in [2.45, 2.75) is 25.4 Å². The summed E-state index contributed by atoms with van der Waals surface area (Å²) in [6, 6.07) is 0. The predicted molar refractivity (Wildman–Crippen MR) is 60.0 cm³/mol. The summed E-state index contributed by atoms with van der Waals surface area (Å²) in [5, 5.41) is 3.17. The molecular weight excluding hydrogens is 233 g/mol. The molecule has 1 aliphatic rings. The number of unbranched alkanes of at least 4 members (excludes halogenated alkanes) is 1. The van der Waals surface area contributed by atoms with Crippen molar-refractivity contribution in [2.24, 2.45) is 0 Å². The molecule has 1 rings (SSSR count). The summed E-state index contributed by atoms with van der Waals surface area (Å²) in [5.74, 6) is 0. The minimum Gasteiger partial charge on any atom is -0.379 e. The first kappa shape index (κ1) is 14.7. The van der Waals surface area contributed by atoms with Gasteiger partial charge in [0.1, 0.15) is 0 Å². The maximum Gasteiger partial charge on any atom is 0.389 e. The Kier molecular flexibility index (Phi) is 6.84. The quantitative estimate of drug-likeness (QED) is 0.699. The molecule has 0 aromatic rings. The molecule has 1 aliphatic heterocycles. The van der Waals surface area contributed by atoms with E-state index in [1.54, 1.807) is 0 Å². The van der Waals surface area contributed by atoms with Gasteiger partial charge in [0.15, 0.2) is 0 Å². The van der Waals surface area contributed by atoms with Crippen LogP contribution in [0.2, 0.25) is 0 Å². The maximum absolute atomic E-state index is 11.8. The second-order valence-electron chi connectivity index (χ2n) is 4.28. The fourth-order valence-electron chi connectivity index (χ4n) is 1.76. The molecule has 0 amide bonds. The van der Waals surface area contributed by atoms with Gasteiger partial charge >= 0.3 is 6.18 Å². The lowest BCUT2D eigenvalue weighted by atomic mass is 10.2. The van der Waals surface area contributed by atoms with Crippen molar-refractivity contribution in [1.29, 1.82) is 0 Å². The molecule has 1 fully saturated rings. The SMILES string of the molecule is FC(F)(F)CCCCNCCN1CCOCC1. The Hall–Kier alpha value is -0.330. The molecule has 0 radical (unpaired) electrons. The number of rotatable bonds is 7. The number of hydrogen-bond donors (Lipinski definition) is 1. The molecule has 0 aliphatic carbocycles. The first-order chi connectivity index (χ1) is 8.08. The second kappa shape index (κ2) is 7.89. The number of nitrogens with zero attached hydrogens (tertiary/aromatic N) is 1. The van der Waals surface area contributed by atoms with Crippen LogP contribution in [0.25, 0.3) is 0 Å². The van der Waals surface area contributed by atoms with Crippen molar-refractivity contribution in [3.05, 3.63) is 0 Å². The third-order valence-electron chi connectivity index (χ3n) is 2.77. The number of hydrogen-bond acceptors (Lipinski definition) is 3. The Labute approximate surface area is 100 Å². The minimum atomic E-state index is -4.01. The van der Waals surface area contributed by atoms with Crippen molar-refractivity contribution in [3.63, 3.8) is 0 Å². The Morgan fingerprint density at radius 1 is 1.06 bits per heavy atom. The van der Waals surface area contributed by atoms with E-state index in [0.717, 1.165) is 39.4 Å². The van der Waals surface area contributed by atoms with Crippen LogP contribution in [0.4, 0.5) is 13.2 Å². The topological polar surface area (TPSA) is 24.5 Å². The summed E-state index contributed by atoms with van der Waals surface area (Å²) < 4.78 is 40.7. The van der Waals surface area contributed by atoms with Crippen LogP contribution >= 0.6 is 0 Å². The molecule has 1 heterocycles. The van der Waals surface area contributed by atoms with E-state index in [1.165, 1.54) is 0 Å². The maximum atomic E-state index is 11.8. The molecule has 0 bridgehead atoms. The Bertz CT molecular complexity index is 194. The van der Waals surface area contributed by atoms with E-state index in [9.17, 15) is 13.2 Å². The van der Waals surface area contributed by atoms with E-state index in [0.29, 0.717) is 13.0 Å². The highest BCUT2D eigenvalue weighted by Gasteiger charge is 2.25. The van der Waals surface area contributed by atoms with Crippen molar-refractivity contribution in [1.82, 2.24) is 10.2 Å². The predicted octanol–water partition coefficient (Wildman–Crippen LogP) is 1.64. The molecule has 3 nitrogen and oxygen atoms in total. The molecule has 0 saturated carbocycles. The molecule has 6 heteroatoms. The highest BCUT2D eigenvalue weighted by atomic mass is 19.4. The van der Waals surface area contributed by atoms with Gasteiger partial charge in [-0.3, -0.25) is 4.90 Å². The van der Waals surface area contributed by atoms with Crippen molar-refractivity contribution in [2.75, 3.05) is 45.9 Å². The van der Waals surface area contributed by atoms with Crippen LogP contribution in [-0.4, -0.2) is 57.0 Å². The molecule has 1 N–H and O–H groups in total. The van der Waals surface area contributed by atoms with Crippen LogP contribution in [-0.2, 0) is 4.74 Å². The van der Waals surface area contributed by atoms with E-state index >= 15 is 0 Å². The molecule has 0 atom stereocenters. The zero-order valence-corrected chi connectivity index (χ0v) is 10.1. The molecule has 0 aromatic heterocycles. The standard InChI is InChI=1S/C11H21F3N2O/c12-11(13,14)3-1-2-4-15-5-6-16-7-9-17-10-8-16/h15H,1-10H2. The van der Waals surface area contributed by atoms with E-state index in [-0.39, 0.29) is 6.42 Å². The van der Waals surface area contributed by atoms with E-state index in [2.05, 4.69) is 10.2 Å². The summed E-state index contributed by atoms with van der Waals surface area (Å²) >= 11 is 0. The molecule has 0 unspecified atom stereocenters. The smallest absolute Gasteiger partial charge is 0.379 e. The van der Waals surface area contributed by atoms with Gasteiger partial charge in [-0.2, -0.15) is 13.2 Å². The first-order valence-corrected chi connectivity index (χ1v) is 6.15. The number of nitrogens with one attached hydrogen (secondary N) is 1. The third kappa shape index (κ3) is 8.40. The zero-order valence-electron chi connectivity index (χ0n) is 10.1. The van der Waals surface area contributed by atoms with Crippen LogP contribution in [0.15, 0.2) is 0 Å². The summed E-state index contributed by atoms with van der Waals surface area (Å²) in [6.07, 6.45) is -3.87. The fraction of sp³-hybridized carbons (Fsp3) is 1.00. The van der Waals surface area contributed by atoms with Gasteiger partial charge in [0, 0.05) is 32.6 Å². The van der Waals surface area contributed by atoms with Gasteiger partial charge in [-0.25, -0.2) is 0 Å². The minimum absolute atomic E-state index is 0.216. The number of morpholine rings is 1. The Balaban J connectivity index is 1.84. The average Bonchev–Trinajstić information content (AvgIpc) is 2.28. The average molecular weight is 254 g/mol. The van der Waals surface area contributed by atoms with Gasteiger partial charge < -0.3 is 10.1 Å². The van der Waals surface area contributed by atoms with E-state index < -0.39 is 12.6 Å². The van der Waals surface area contributed by atoms with Crippen LogP contribution in [0, 0.1) is 0 Å². The van der Waals surface area contributed by atoms with Gasteiger partial charge in [0.25, 0.3) is 0 Å². The summed E-state index contributed by atoms with van der Waals surface area (Å²) in [5.41, 5.74) is 0. The lowest BCUT2D eigenvalue weighted by Crippen LogP contribution is -2.40. The van der Waals surface area contributed by atoms with Gasteiger partial charge in [-0.15, -0.1) is 0 Å². The molecule has 0 aromatic carbocycles. The normalized spacial score (nSPS) is 18.5. The largest absolute Gasteiger partial charge is 0.389 e. The second-order valence-corrected chi connectivity index (χ2v) is 4.28. The fourth-order valence-corrected chi connectivity index (χ4v) is 1.76. The summed E-state index contributed by atoms with van der Waals surface area (Å²) in [4.78, 5) is 2.30. The number of ether oxygens (including phenoxy) is 1. The number of alkyl halides is 3. The molecular formula is C11H21F3N2O. The summed E-state index contributed by atoms with van der Waals surface area (Å²) in [6.45, 7) is 5.93. The van der Waals surface area contributed by atoms with Crippen molar-refractivity contribution in [3.8, 4) is 0 Å². The Morgan fingerprint density at radius 2 is 1.76 bits per heavy atom. The molecule has 17 heavy (non-hydrogen) atoms. The van der Waals surface area contributed by atoms with Crippen LogP contribution in [0.1, 0.15) is 19.3 Å². The van der Waals surface area contributed by atoms with Crippen LogP contribution in [0.3, 0.4) is 0 Å². The van der Waals surface area contributed by atoms with Crippen molar-refractivity contribution < 1.29 is 17.9 Å². The highest BCUT2D eigenvalue weighted by molar-refractivity contribution is 4.63. The van der Waals surface area contributed by atoms with Gasteiger partial charge in [0.05, 0.1) is 13.2 Å². The zero-order chi connectivity index (χ0) is 12.6.